The molecule has 0 bridgehead atoms. The van der Waals surface area contributed by atoms with Crippen LogP contribution in [0.5, 0.6) is 0 Å². The molecule has 1 aromatic rings. The number of likely N-dealkylation sites (tertiary alicyclic amines) is 1. The lowest BCUT2D eigenvalue weighted by atomic mass is 9.78. The predicted octanol–water partition coefficient (Wildman–Crippen LogP) is 0.0128. The van der Waals surface area contributed by atoms with Crippen molar-refractivity contribution in [2.24, 2.45) is 11.8 Å². The number of nitrogens with zero attached hydrogens (tertiary/aromatic N) is 1. The summed E-state index contributed by atoms with van der Waals surface area (Å²) < 4.78 is 10.7. The number of rotatable bonds is 1. The number of carbonyl (C=O) groups is 1. The molecule has 110 valence electrons. The first kappa shape index (κ1) is 13.3. The Morgan fingerprint density at radius 2 is 2.19 bits per heavy atom. The first-order valence-corrected chi connectivity index (χ1v) is 7.52. The third-order valence-electron chi connectivity index (χ3n) is 4.88. The lowest BCUT2D eigenvalue weighted by Gasteiger charge is -2.23. The van der Waals surface area contributed by atoms with Crippen molar-refractivity contribution >= 4 is 18.5 Å². The smallest absolute Gasteiger partial charge is 0.423 e. The molecule has 0 radical (unpaired) electrons. The standard InChI is InChI=1S/C15H18BNO4/c18-15(17-6-11-3-4-20-8-13(11)7-17)10-1-2-12-9-21-16(19)14(12)5-10/h1-2,5,11,13,19H,3-4,6-9H2. The largest absolute Gasteiger partial charge is 0.491 e. The molecule has 0 aliphatic carbocycles. The zero-order valence-electron chi connectivity index (χ0n) is 11.8. The Bertz CT molecular complexity index is 565. The molecule has 6 heteroatoms. The van der Waals surface area contributed by atoms with Crippen LogP contribution in [0.15, 0.2) is 18.2 Å². The number of amides is 1. The lowest BCUT2D eigenvalue weighted by molar-refractivity contribution is 0.0370. The number of benzene rings is 1. The van der Waals surface area contributed by atoms with Crippen LogP contribution in [-0.4, -0.2) is 49.3 Å². The molecule has 0 aromatic heterocycles. The molecule has 5 nitrogen and oxygen atoms in total. The van der Waals surface area contributed by atoms with E-state index in [1.54, 1.807) is 6.07 Å². The van der Waals surface area contributed by atoms with Gasteiger partial charge in [0.15, 0.2) is 0 Å². The molecule has 3 aliphatic rings. The summed E-state index contributed by atoms with van der Waals surface area (Å²) in [5.41, 5.74) is 2.32. The molecule has 2 atom stereocenters. The second kappa shape index (κ2) is 5.12. The fourth-order valence-corrected chi connectivity index (χ4v) is 3.62. The van der Waals surface area contributed by atoms with E-state index in [1.807, 2.05) is 17.0 Å². The first-order valence-electron chi connectivity index (χ1n) is 7.52. The average molecular weight is 287 g/mol. The zero-order chi connectivity index (χ0) is 14.4. The molecule has 0 spiro atoms. The molecule has 3 heterocycles. The van der Waals surface area contributed by atoms with E-state index >= 15 is 0 Å². The van der Waals surface area contributed by atoms with Crippen molar-refractivity contribution < 1.29 is 19.2 Å². The Kier molecular flexibility index (Phi) is 3.25. The van der Waals surface area contributed by atoms with Gasteiger partial charge in [0.25, 0.3) is 5.91 Å². The third-order valence-corrected chi connectivity index (χ3v) is 4.88. The molecule has 2 saturated heterocycles. The van der Waals surface area contributed by atoms with E-state index in [-0.39, 0.29) is 5.91 Å². The molecule has 21 heavy (non-hydrogen) atoms. The van der Waals surface area contributed by atoms with Gasteiger partial charge in [0, 0.05) is 31.2 Å². The molecule has 4 rings (SSSR count). The second-order valence-electron chi connectivity index (χ2n) is 6.17. The highest BCUT2D eigenvalue weighted by Gasteiger charge is 2.37. The Morgan fingerprint density at radius 3 is 3.05 bits per heavy atom. The molecule has 2 fully saturated rings. The molecule has 1 N–H and O–H groups in total. The van der Waals surface area contributed by atoms with E-state index in [0.29, 0.717) is 24.0 Å². The topological polar surface area (TPSA) is 59.0 Å². The van der Waals surface area contributed by atoms with Crippen molar-refractivity contribution in [1.29, 1.82) is 0 Å². The van der Waals surface area contributed by atoms with Crippen LogP contribution in [0.2, 0.25) is 0 Å². The highest BCUT2D eigenvalue weighted by atomic mass is 16.5. The fourth-order valence-electron chi connectivity index (χ4n) is 3.62. The monoisotopic (exact) mass is 287 g/mol. The summed E-state index contributed by atoms with van der Waals surface area (Å²) in [6, 6.07) is 5.49. The average Bonchev–Trinajstić information content (AvgIpc) is 3.10. The van der Waals surface area contributed by atoms with Gasteiger partial charge in [-0.05, 0) is 35.5 Å². The number of hydrogen-bond acceptors (Lipinski definition) is 4. The number of carbonyl (C=O) groups excluding carboxylic acids is 1. The maximum absolute atomic E-state index is 12.7. The Balaban J connectivity index is 1.54. The van der Waals surface area contributed by atoms with Crippen LogP contribution in [0, 0.1) is 11.8 Å². The minimum absolute atomic E-state index is 0.0475. The molecular weight excluding hydrogens is 269 g/mol. The SMILES string of the molecule is O=C(c1ccc2c(c1)B(O)OC2)N1CC2CCOCC2C1. The zero-order valence-corrected chi connectivity index (χ0v) is 11.8. The van der Waals surface area contributed by atoms with E-state index in [0.717, 1.165) is 43.8 Å². The van der Waals surface area contributed by atoms with Crippen LogP contribution < -0.4 is 5.46 Å². The van der Waals surface area contributed by atoms with E-state index in [1.165, 1.54) is 0 Å². The van der Waals surface area contributed by atoms with Crippen LogP contribution in [0.3, 0.4) is 0 Å². The number of hydrogen-bond donors (Lipinski definition) is 1. The summed E-state index contributed by atoms with van der Waals surface area (Å²) >= 11 is 0. The number of fused-ring (bicyclic) bond motifs is 2. The quantitative estimate of drug-likeness (QED) is 0.739. The van der Waals surface area contributed by atoms with Gasteiger partial charge in [-0.3, -0.25) is 4.79 Å². The van der Waals surface area contributed by atoms with Gasteiger partial charge < -0.3 is 19.3 Å². The van der Waals surface area contributed by atoms with Gasteiger partial charge in [-0.15, -0.1) is 0 Å². The summed E-state index contributed by atoms with van der Waals surface area (Å²) in [6.45, 7) is 3.59. The van der Waals surface area contributed by atoms with Gasteiger partial charge in [0.2, 0.25) is 0 Å². The summed E-state index contributed by atoms with van der Waals surface area (Å²) in [5.74, 6) is 1.10. The van der Waals surface area contributed by atoms with Crippen LogP contribution in [-0.2, 0) is 16.0 Å². The van der Waals surface area contributed by atoms with E-state index in [2.05, 4.69) is 0 Å². The van der Waals surface area contributed by atoms with Gasteiger partial charge in [0.05, 0.1) is 13.2 Å². The summed E-state index contributed by atoms with van der Waals surface area (Å²) in [4.78, 5) is 14.6. The van der Waals surface area contributed by atoms with Gasteiger partial charge >= 0.3 is 7.12 Å². The Morgan fingerprint density at radius 1 is 1.33 bits per heavy atom. The fraction of sp³-hybridized carbons (Fsp3) is 0.533. The third kappa shape index (κ3) is 2.27. The van der Waals surface area contributed by atoms with Crippen molar-refractivity contribution in [3.63, 3.8) is 0 Å². The van der Waals surface area contributed by atoms with Gasteiger partial charge in [-0.1, -0.05) is 6.07 Å². The van der Waals surface area contributed by atoms with Crippen LogP contribution >= 0.6 is 0 Å². The summed E-state index contributed by atoms with van der Waals surface area (Å²) in [5, 5.41) is 9.76. The number of ether oxygens (including phenoxy) is 1. The second-order valence-corrected chi connectivity index (χ2v) is 6.17. The van der Waals surface area contributed by atoms with Crippen molar-refractivity contribution in [2.75, 3.05) is 26.3 Å². The maximum Gasteiger partial charge on any atom is 0.491 e. The minimum atomic E-state index is -0.901. The molecule has 1 amide bonds. The minimum Gasteiger partial charge on any atom is -0.423 e. The molecular formula is C15H18BNO4. The van der Waals surface area contributed by atoms with Crippen molar-refractivity contribution in [1.82, 2.24) is 4.90 Å². The molecule has 0 saturated carbocycles. The maximum atomic E-state index is 12.7. The molecule has 3 aliphatic heterocycles. The summed E-state index contributed by atoms with van der Waals surface area (Å²) in [7, 11) is -0.901. The first-order chi connectivity index (χ1) is 10.2. The van der Waals surface area contributed by atoms with E-state index < -0.39 is 7.12 Å². The van der Waals surface area contributed by atoms with Gasteiger partial charge in [-0.2, -0.15) is 0 Å². The van der Waals surface area contributed by atoms with Crippen LogP contribution in [0.1, 0.15) is 22.3 Å². The highest BCUT2D eigenvalue weighted by Crippen LogP contribution is 2.30. The van der Waals surface area contributed by atoms with Crippen LogP contribution in [0.25, 0.3) is 0 Å². The van der Waals surface area contributed by atoms with Crippen molar-refractivity contribution in [3.8, 4) is 0 Å². The van der Waals surface area contributed by atoms with E-state index in [4.69, 9.17) is 9.39 Å². The van der Waals surface area contributed by atoms with Crippen molar-refractivity contribution in [2.45, 2.75) is 13.0 Å². The molecule has 1 aromatic carbocycles. The Labute approximate surface area is 124 Å². The Hall–Kier alpha value is -1.37. The normalized spacial score (nSPS) is 27.7. The van der Waals surface area contributed by atoms with Crippen molar-refractivity contribution in [3.05, 3.63) is 29.3 Å². The molecule has 2 unspecified atom stereocenters. The van der Waals surface area contributed by atoms with Crippen LogP contribution in [0.4, 0.5) is 0 Å². The highest BCUT2D eigenvalue weighted by molar-refractivity contribution is 6.61. The van der Waals surface area contributed by atoms with E-state index in [9.17, 15) is 9.82 Å². The lowest BCUT2D eigenvalue weighted by Crippen LogP contribution is -2.32. The van der Waals surface area contributed by atoms with Gasteiger partial charge in [0.1, 0.15) is 0 Å². The summed E-state index contributed by atoms with van der Waals surface area (Å²) in [6.07, 6.45) is 1.05. The van der Waals surface area contributed by atoms with Gasteiger partial charge in [-0.25, -0.2) is 0 Å². The predicted molar refractivity (Wildman–Crippen MR) is 77.2 cm³/mol.